The van der Waals surface area contributed by atoms with E-state index in [-0.39, 0.29) is 29.6 Å². The number of hydrogen-bond donors (Lipinski definition) is 0. The van der Waals surface area contributed by atoms with E-state index in [1.165, 1.54) is 13.0 Å². The third-order valence-electron chi connectivity index (χ3n) is 3.63. The average Bonchev–Trinajstić information content (AvgIpc) is 2.52. The number of esters is 1. The second kappa shape index (κ2) is 7.22. The Hall–Kier alpha value is -2.55. The van der Waals surface area contributed by atoms with Crippen LogP contribution in [0.1, 0.15) is 34.6 Å². The maximum atomic E-state index is 12.7. The Balaban J connectivity index is 2.56. The van der Waals surface area contributed by atoms with E-state index < -0.39 is 33.9 Å². The number of fused-ring (bicyclic) bond motifs is 1. The number of anilines is 1. The van der Waals surface area contributed by atoms with Crippen LogP contribution in [0.3, 0.4) is 0 Å². The first-order valence-electron chi connectivity index (χ1n) is 8.22. The highest BCUT2D eigenvalue weighted by Gasteiger charge is 2.47. The Morgan fingerprint density at radius 2 is 2.04 bits per heavy atom. The number of benzene rings is 1. The Morgan fingerprint density at radius 1 is 1.41 bits per heavy atom. The molecule has 27 heavy (non-hydrogen) atoms. The minimum atomic E-state index is -1.57. The number of nitro groups is 1. The summed E-state index contributed by atoms with van der Waals surface area (Å²) in [6, 6.07) is 2.31. The molecule has 1 aliphatic heterocycles. The number of carbonyl (C=O) groups excluding carboxylic acids is 2. The van der Waals surface area contributed by atoms with Crippen molar-refractivity contribution >= 4 is 35.0 Å². The predicted octanol–water partition coefficient (Wildman–Crippen LogP) is 3.70. The third-order valence-corrected chi connectivity index (χ3v) is 3.93. The molecule has 1 aliphatic rings. The fraction of sp³-hybridized carbons (Fsp3) is 0.529. The largest absolute Gasteiger partial charge is 0.471 e. The first-order chi connectivity index (χ1) is 12.4. The summed E-state index contributed by atoms with van der Waals surface area (Å²) >= 11 is 5.97. The lowest BCUT2D eigenvalue weighted by molar-refractivity contribution is -0.384. The number of halogens is 1. The smallest absolute Gasteiger partial charge is 0.415 e. The normalized spacial score (nSPS) is 19.0. The third kappa shape index (κ3) is 4.41. The standard InChI is InChI=1S/C17H21ClN2O7/c1-6-25-14(21)17(5)9-19(15(22)27-16(2,3)4)12-7-10(18)11(20(23)24)8-13(12)26-17/h7-8H,6,9H2,1-5H3. The molecule has 0 saturated heterocycles. The highest BCUT2D eigenvalue weighted by molar-refractivity contribution is 6.33. The molecule has 1 unspecified atom stereocenters. The number of ether oxygens (including phenoxy) is 3. The van der Waals surface area contributed by atoms with Gasteiger partial charge in [-0.05, 0) is 40.7 Å². The summed E-state index contributed by atoms with van der Waals surface area (Å²) in [5, 5.41) is 11.0. The second-order valence-electron chi connectivity index (χ2n) is 7.15. The zero-order chi connectivity index (χ0) is 20.6. The zero-order valence-corrected chi connectivity index (χ0v) is 16.5. The van der Waals surface area contributed by atoms with Crippen molar-refractivity contribution in [3.05, 3.63) is 27.3 Å². The van der Waals surface area contributed by atoms with Crippen LogP contribution in [0.15, 0.2) is 12.1 Å². The van der Waals surface area contributed by atoms with Crippen LogP contribution in [-0.2, 0) is 14.3 Å². The average molecular weight is 401 g/mol. The van der Waals surface area contributed by atoms with Crippen LogP contribution in [0.25, 0.3) is 0 Å². The minimum Gasteiger partial charge on any atom is -0.471 e. The summed E-state index contributed by atoms with van der Waals surface area (Å²) in [5.74, 6) is -0.749. The Bertz CT molecular complexity index is 790. The van der Waals surface area contributed by atoms with Crippen molar-refractivity contribution in [2.75, 3.05) is 18.1 Å². The Morgan fingerprint density at radius 3 is 2.56 bits per heavy atom. The predicted molar refractivity (Wildman–Crippen MR) is 97.4 cm³/mol. The van der Waals surface area contributed by atoms with E-state index in [0.29, 0.717) is 0 Å². The van der Waals surface area contributed by atoms with E-state index >= 15 is 0 Å². The molecule has 0 spiro atoms. The molecular weight excluding hydrogens is 380 g/mol. The molecule has 0 bridgehead atoms. The van der Waals surface area contributed by atoms with Crippen molar-refractivity contribution in [2.24, 2.45) is 0 Å². The molecule has 0 aliphatic carbocycles. The molecule has 0 aromatic heterocycles. The lowest BCUT2D eigenvalue weighted by Crippen LogP contribution is -2.57. The Labute approximate surface area is 161 Å². The fourth-order valence-corrected chi connectivity index (χ4v) is 2.72. The van der Waals surface area contributed by atoms with Gasteiger partial charge < -0.3 is 14.2 Å². The molecule has 0 radical (unpaired) electrons. The highest BCUT2D eigenvalue weighted by Crippen LogP contribution is 2.43. The SMILES string of the molecule is CCOC(=O)C1(C)CN(C(=O)OC(C)(C)C)c2cc(Cl)c([N+](=O)[O-])cc2O1. The number of amides is 1. The van der Waals surface area contributed by atoms with Gasteiger partial charge in [-0.15, -0.1) is 0 Å². The van der Waals surface area contributed by atoms with Gasteiger partial charge in [-0.3, -0.25) is 15.0 Å². The summed E-state index contributed by atoms with van der Waals surface area (Å²) in [7, 11) is 0. The lowest BCUT2D eigenvalue weighted by Gasteiger charge is -2.40. The van der Waals surface area contributed by atoms with Gasteiger partial charge in [0, 0.05) is 0 Å². The van der Waals surface area contributed by atoms with Crippen LogP contribution >= 0.6 is 11.6 Å². The maximum absolute atomic E-state index is 12.7. The summed E-state index contributed by atoms with van der Waals surface area (Å²) in [6.07, 6.45) is -0.743. The van der Waals surface area contributed by atoms with Gasteiger partial charge in [0.15, 0.2) is 5.75 Å². The van der Waals surface area contributed by atoms with Gasteiger partial charge in [-0.25, -0.2) is 9.59 Å². The molecule has 1 aromatic rings. The van der Waals surface area contributed by atoms with E-state index in [9.17, 15) is 19.7 Å². The van der Waals surface area contributed by atoms with Crippen LogP contribution in [0.5, 0.6) is 5.75 Å². The number of hydrogen-bond acceptors (Lipinski definition) is 7. The van der Waals surface area contributed by atoms with Crippen molar-refractivity contribution in [3.8, 4) is 5.75 Å². The minimum absolute atomic E-state index is 0.0428. The van der Waals surface area contributed by atoms with Crippen LogP contribution in [-0.4, -0.2) is 41.3 Å². The van der Waals surface area contributed by atoms with Crippen LogP contribution in [0.4, 0.5) is 16.2 Å². The zero-order valence-electron chi connectivity index (χ0n) is 15.7. The maximum Gasteiger partial charge on any atom is 0.415 e. The van der Waals surface area contributed by atoms with E-state index in [1.807, 2.05) is 0 Å². The van der Waals surface area contributed by atoms with Crippen molar-refractivity contribution in [1.82, 2.24) is 0 Å². The van der Waals surface area contributed by atoms with Crippen LogP contribution in [0.2, 0.25) is 5.02 Å². The van der Waals surface area contributed by atoms with Crippen molar-refractivity contribution in [3.63, 3.8) is 0 Å². The van der Waals surface area contributed by atoms with Crippen LogP contribution in [0, 0.1) is 10.1 Å². The lowest BCUT2D eigenvalue weighted by atomic mass is 10.0. The summed E-state index contributed by atoms with van der Waals surface area (Å²) in [5.41, 5.74) is -2.60. The molecule has 0 fully saturated rings. The topological polar surface area (TPSA) is 108 Å². The van der Waals surface area contributed by atoms with Gasteiger partial charge in [0.1, 0.15) is 10.6 Å². The number of rotatable bonds is 3. The molecule has 9 nitrogen and oxygen atoms in total. The summed E-state index contributed by atoms with van der Waals surface area (Å²) in [6.45, 7) is 8.05. The van der Waals surface area contributed by atoms with Gasteiger partial charge >= 0.3 is 12.1 Å². The van der Waals surface area contributed by atoms with Gasteiger partial charge in [-0.2, -0.15) is 0 Å². The van der Waals surface area contributed by atoms with E-state index in [2.05, 4.69) is 0 Å². The Kier molecular flexibility index (Phi) is 5.55. The van der Waals surface area contributed by atoms with E-state index in [4.69, 9.17) is 25.8 Å². The van der Waals surface area contributed by atoms with Gasteiger partial charge in [0.25, 0.3) is 5.69 Å². The monoisotopic (exact) mass is 400 g/mol. The molecule has 2 rings (SSSR count). The molecule has 1 heterocycles. The van der Waals surface area contributed by atoms with Gasteiger partial charge in [-0.1, -0.05) is 11.6 Å². The number of nitro benzene ring substituents is 1. The molecule has 10 heteroatoms. The molecular formula is C17H21ClN2O7. The van der Waals surface area contributed by atoms with Crippen molar-refractivity contribution < 1.29 is 28.7 Å². The molecule has 1 aromatic carbocycles. The quantitative estimate of drug-likeness (QED) is 0.432. The number of carbonyl (C=O) groups is 2. The highest BCUT2D eigenvalue weighted by atomic mass is 35.5. The van der Waals surface area contributed by atoms with Crippen molar-refractivity contribution in [2.45, 2.75) is 45.8 Å². The molecule has 0 N–H and O–H groups in total. The summed E-state index contributed by atoms with van der Waals surface area (Å²) < 4.78 is 16.1. The first-order valence-corrected chi connectivity index (χ1v) is 8.60. The number of nitrogens with zero attached hydrogens (tertiary/aromatic N) is 2. The first kappa shape index (κ1) is 20.8. The fourth-order valence-electron chi connectivity index (χ4n) is 2.50. The second-order valence-corrected chi connectivity index (χ2v) is 7.56. The van der Waals surface area contributed by atoms with Crippen LogP contribution < -0.4 is 9.64 Å². The van der Waals surface area contributed by atoms with E-state index in [0.717, 1.165) is 11.0 Å². The molecule has 1 atom stereocenters. The molecule has 148 valence electrons. The summed E-state index contributed by atoms with van der Waals surface area (Å²) in [4.78, 5) is 36.7. The molecule has 0 saturated carbocycles. The van der Waals surface area contributed by atoms with Crippen molar-refractivity contribution in [1.29, 1.82) is 0 Å². The molecule has 1 amide bonds. The van der Waals surface area contributed by atoms with Gasteiger partial charge in [0.05, 0.1) is 29.8 Å². The van der Waals surface area contributed by atoms with Gasteiger partial charge in [0.2, 0.25) is 5.60 Å². The van der Waals surface area contributed by atoms with E-state index in [1.54, 1.807) is 27.7 Å².